The minimum atomic E-state index is -0.368. The lowest BCUT2D eigenvalue weighted by atomic mass is 10.00. The van der Waals surface area contributed by atoms with Crippen molar-refractivity contribution < 1.29 is 4.39 Å². The average molecular weight is 320 g/mol. The summed E-state index contributed by atoms with van der Waals surface area (Å²) in [5.74, 6) is -0.368. The highest BCUT2D eigenvalue weighted by Gasteiger charge is 2.12. The number of hydrogen-bond acceptors (Lipinski definition) is 2. The first kappa shape index (κ1) is 16.3. The lowest BCUT2D eigenvalue weighted by Gasteiger charge is -2.29. The summed E-state index contributed by atoms with van der Waals surface area (Å²) >= 11 is 0. The van der Waals surface area contributed by atoms with Crippen molar-refractivity contribution >= 4 is 17.3 Å². The molecule has 3 rings (SSSR count). The number of halogens is 1. The maximum Gasteiger partial charge on any atom is 0.131 e. The van der Waals surface area contributed by atoms with E-state index < -0.39 is 0 Å². The number of aryl methyl sites for hydroxylation is 1. The maximum absolute atomic E-state index is 13.9. The molecule has 0 atom stereocenters. The fourth-order valence-corrected chi connectivity index (χ4v) is 3.18. The Balaban J connectivity index is 1.91. The van der Waals surface area contributed by atoms with Crippen LogP contribution in [0.5, 0.6) is 0 Å². The van der Waals surface area contributed by atoms with Crippen LogP contribution in [0.3, 0.4) is 0 Å². The summed E-state index contributed by atoms with van der Waals surface area (Å²) in [6, 6.07) is 14.8. The van der Waals surface area contributed by atoms with E-state index >= 15 is 0 Å². The number of anilines is 1. The molecule has 2 aromatic rings. The van der Waals surface area contributed by atoms with Crippen LogP contribution in [0, 0.1) is 24.1 Å². The van der Waals surface area contributed by atoms with E-state index in [9.17, 15) is 9.65 Å². The molecule has 0 saturated carbocycles. The van der Waals surface area contributed by atoms with Crippen molar-refractivity contribution in [3.8, 4) is 6.07 Å². The Hall–Kier alpha value is -2.60. The molecule has 0 unspecified atom stereocenters. The molecule has 0 N–H and O–H groups in total. The van der Waals surface area contributed by atoms with E-state index in [1.807, 2.05) is 13.0 Å². The molecule has 1 aliphatic heterocycles. The Morgan fingerprint density at radius 3 is 2.54 bits per heavy atom. The SMILES string of the molecule is Cc1cc(N2CCCCC2)ccc1/C=C(/C#N)c1ccccc1F. The van der Waals surface area contributed by atoms with E-state index in [2.05, 4.69) is 23.1 Å². The summed E-state index contributed by atoms with van der Waals surface area (Å²) in [6.45, 7) is 4.25. The molecule has 1 aliphatic rings. The first-order valence-electron chi connectivity index (χ1n) is 8.41. The lowest BCUT2D eigenvalue weighted by molar-refractivity contribution is 0.578. The predicted octanol–water partition coefficient (Wildman–Crippen LogP) is 5.19. The second-order valence-corrected chi connectivity index (χ2v) is 6.24. The van der Waals surface area contributed by atoms with Crippen molar-refractivity contribution in [1.82, 2.24) is 0 Å². The first-order chi connectivity index (χ1) is 11.7. The summed E-state index contributed by atoms with van der Waals surface area (Å²) < 4.78 is 13.9. The Morgan fingerprint density at radius 1 is 1.12 bits per heavy atom. The zero-order valence-corrected chi connectivity index (χ0v) is 13.9. The molecule has 0 amide bonds. The van der Waals surface area contributed by atoms with Gasteiger partial charge in [0.05, 0.1) is 11.6 Å². The molecular formula is C21H21FN2. The fourth-order valence-electron chi connectivity index (χ4n) is 3.18. The molecule has 0 radical (unpaired) electrons. The quantitative estimate of drug-likeness (QED) is 0.575. The van der Waals surface area contributed by atoms with Crippen LogP contribution in [0.1, 0.15) is 36.0 Å². The summed E-state index contributed by atoms with van der Waals surface area (Å²) in [5, 5.41) is 9.42. The van der Waals surface area contributed by atoms with Crippen molar-refractivity contribution in [3.05, 3.63) is 65.0 Å². The second kappa shape index (κ2) is 7.31. The number of hydrogen-bond donors (Lipinski definition) is 0. The molecule has 0 spiro atoms. The van der Waals surface area contributed by atoms with Crippen molar-refractivity contribution in [1.29, 1.82) is 5.26 Å². The number of benzene rings is 2. The predicted molar refractivity (Wildman–Crippen MR) is 97.1 cm³/mol. The van der Waals surface area contributed by atoms with Gasteiger partial charge in [-0.1, -0.05) is 24.3 Å². The van der Waals surface area contributed by atoms with Crippen LogP contribution >= 0.6 is 0 Å². The Kier molecular flexibility index (Phi) is 4.96. The highest BCUT2D eigenvalue weighted by Crippen LogP contribution is 2.26. The van der Waals surface area contributed by atoms with Crippen LogP contribution < -0.4 is 4.90 Å². The van der Waals surface area contributed by atoms with Gasteiger partial charge < -0.3 is 4.90 Å². The van der Waals surface area contributed by atoms with E-state index in [-0.39, 0.29) is 5.82 Å². The van der Waals surface area contributed by atoms with Gasteiger partial charge in [0.1, 0.15) is 5.82 Å². The van der Waals surface area contributed by atoms with Gasteiger partial charge >= 0.3 is 0 Å². The van der Waals surface area contributed by atoms with Crippen LogP contribution in [0.4, 0.5) is 10.1 Å². The van der Waals surface area contributed by atoms with Gasteiger partial charge in [-0.2, -0.15) is 5.26 Å². The summed E-state index contributed by atoms with van der Waals surface area (Å²) in [7, 11) is 0. The number of nitriles is 1. The molecule has 1 saturated heterocycles. The molecule has 122 valence electrons. The average Bonchev–Trinajstić information content (AvgIpc) is 2.62. The lowest BCUT2D eigenvalue weighted by Crippen LogP contribution is -2.29. The Morgan fingerprint density at radius 2 is 1.88 bits per heavy atom. The molecule has 1 fully saturated rings. The van der Waals surface area contributed by atoms with E-state index in [1.54, 1.807) is 24.3 Å². The minimum Gasteiger partial charge on any atom is -0.372 e. The molecule has 3 heteroatoms. The zero-order valence-electron chi connectivity index (χ0n) is 13.9. The van der Waals surface area contributed by atoms with Crippen molar-refractivity contribution in [2.45, 2.75) is 26.2 Å². The largest absolute Gasteiger partial charge is 0.372 e. The third-order valence-electron chi connectivity index (χ3n) is 4.56. The third kappa shape index (κ3) is 3.49. The molecular weight excluding hydrogens is 299 g/mol. The molecule has 0 bridgehead atoms. The highest BCUT2D eigenvalue weighted by atomic mass is 19.1. The van der Waals surface area contributed by atoms with Gasteiger partial charge in [0.2, 0.25) is 0 Å². The summed E-state index contributed by atoms with van der Waals surface area (Å²) in [4.78, 5) is 2.41. The van der Waals surface area contributed by atoms with Gasteiger partial charge in [0.15, 0.2) is 0 Å². The monoisotopic (exact) mass is 320 g/mol. The molecule has 0 aliphatic carbocycles. The fraction of sp³-hybridized carbons (Fsp3) is 0.286. The van der Waals surface area contributed by atoms with Gasteiger partial charge in [0.25, 0.3) is 0 Å². The van der Waals surface area contributed by atoms with Gasteiger partial charge in [-0.3, -0.25) is 0 Å². The molecule has 2 aromatic carbocycles. The smallest absolute Gasteiger partial charge is 0.131 e. The highest BCUT2D eigenvalue weighted by molar-refractivity contribution is 5.90. The Labute approximate surface area is 142 Å². The van der Waals surface area contributed by atoms with Crippen LogP contribution in [0.2, 0.25) is 0 Å². The molecule has 0 aromatic heterocycles. The maximum atomic E-state index is 13.9. The molecule has 2 nitrogen and oxygen atoms in total. The number of rotatable bonds is 3. The van der Waals surface area contributed by atoms with Crippen LogP contribution in [0.25, 0.3) is 11.6 Å². The zero-order chi connectivity index (χ0) is 16.9. The van der Waals surface area contributed by atoms with Crippen LogP contribution in [0.15, 0.2) is 42.5 Å². The Bertz CT molecular complexity index is 796. The normalized spacial score (nSPS) is 15.2. The second-order valence-electron chi connectivity index (χ2n) is 6.24. The van der Waals surface area contributed by atoms with E-state index in [1.165, 1.54) is 31.0 Å². The van der Waals surface area contributed by atoms with Gasteiger partial charge in [-0.05, 0) is 61.6 Å². The van der Waals surface area contributed by atoms with Gasteiger partial charge in [-0.15, -0.1) is 0 Å². The topological polar surface area (TPSA) is 27.0 Å². The van der Waals surface area contributed by atoms with Crippen molar-refractivity contribution in [2.24, 2.45) is 0 Å². The minimum absolute atomic E-state index is 0.347. The number of nitrogens with zero attached hydrogens (tertiary/aromatic N) is 2. The van der Waals surface area contributed by atoms with Crippen molar-refractivity contribution in [2.75, 3.05) is 18.0 Å². The van der Waals surface area contributed by atoms with Crippen LogP contribution in [-0.4, -0.2) is 13.1 Å². The summed E-state index contributed by atoms with van der Waals surface area (Å²) in [5.41, 5.74) is 3.98. The standard InChI is InChI=1S/C21H21FN2/c1-16-13-19(24-11-5-2-6-12-24)10-9-17(16)14-18(15-23)20-7-3-4-8-21(20)22/h3-4,7-10,13-14H,2,5-6,11-12H2,1H3/b18-14-. The van der Waals surface area contributed by atoms with Crippen molar-refractivity contribution in [3.63, 3.8) is 0 Å². The number of allylic oxidation sites excluding steroid dienone is 1. The molecule has 1 heterocycles. The van der Waals surface area contributed by atoms with Gasteiger partial charge in [-0.25, -0.2) is 4.39 Å². The third-order valence-corrected chi connectivity index (χ3v) is 4.56. The van der Waals surface area contributed by atoms with E-state index in [4.69, 9.17) is 0 Å². The molecule has 24 heavy (non-hydrogen) atoms. The van der Waals surface area contributed by atoms with E-state index in [0.717, 1.165) is 24.2 Å². The summed E-state index contributed by atoms with van der Waals surface area (Å²) in [6.07, 6.45) is 5.57. The first-order valence-corrected chi connectivity index (χ1v) is 8.41. The number of piperidine rings is 1. The van der Waals surface area contributed by atoms with E-state index in [0.29, 0.717) is 11.1 Å². The van der Waals surface area contributed by atoms with Gasteiger partial charge in [0, 0.05) is 24.3 Å². The van der Waals surface area contributed by atoms with Crippen LogP contribution in [-0.2, 0) is 0 Å².